The summed E-state index contributed by atoms with van der Waals surface area (Å²) in [6.45, 7) is 8.39. The van der Waals surface area contributed by atoms with Crippen LogP contribution in [-0.2, 0) is 16.0 Å². The van der Waals surface area contributed by atoms with Crippen LogP contribution in [0, 0.1) is 6.92 Å². The average molecular weight is 353 g/mol. The van der Waals surface area contributed by atoms with Crippen molar-refractivity contribution in [1.29, 1.82) is 0 Å². The van der Waals surface area contributed by atoms with Crippen molar-refractivity contribution in [3.8, 4) is 5.75 Å². The molecule has 0 atom stereocenters. The molecule has 0 aliphatic carbocycles. The number of aliphatic hydroxyl groups is 1. The Hall–Kier alpha value is -2.38. The van der Waals surface area contributed by atoms with Crippen LogP contribution in [0.15, 0.2) is 30.9 Å². The van der Waals surface area contributed by atoms with Crippen molar-refractivity contribution in [1.82, 2.24) is 5.32 Å². The zero-order chi connectivity index (χ0) is 19.1. The molecule has 1 aromatic carbocycles. The Morgan fingerprint density at radius 3 is 2.44 bits per heavy atom. The number of carboxylic acids is 2. The fourth-order valence-electron chi connectivity index (χ4n) is 1.90. The number of aryl methyl sites for hydroxylation is 1. The number of hydrogen-bond acceptors (Lipinski definition) is 5. The maximum absolute atomic E-state index is 9.10. The molecule has 0 saturated heterocycles. The summed E-state index contributed by atoms with van der Waals surface area (Å²) in [6.07, 6.45) is 4.82. The van der Waals surface area contributed by atoms with Gasteiger partial charge in [0.15, 0.2) is 0 Å². The van der Waals surface area contributed by atoms with Crippen LogP contribution in [0.25, 0.3) is 0 Å². The highest BCUT2D eigenvalue weighted by Crippen LogP contribution is 2.21. The van der Waals surface area contributed by atoms with Gasteiger partial charge in [-0.15, -0.1) is 6.58 Å². The van der Waals surface area contributed by atoms with Gasteiger partial charge in [0.05, 0.1) is 13.2 Å². The number of hydrogen-bond donors (Lipinski definition) is 4. The van der Waals surface area contributed by atoms with Gasteiger partial charge in [-0.3, -0.25) is 0 Å². The molecule has 0 heterocycles. The maximum atomic E-state index is 9.10. The normalized spacial score (nSPS) is 9.68. The Balaban J connectivity index is 0.000000823. The SMILES string of the molecule is C=CCc1cc(C)ccc1OCCCCNCCO.O=C(O)C(=O)O. The number of unbranched alkanes of at least 4 members (excludes halogenated alkanes) is 1. The van der Waals surface area contributed by atoms with Crippen LogP contribution in [-0.4, -0.2) is 53.6 Å². The fraction of sp³-hybridized carbons (Fsp3) is 0.444. The van der Waals surface area contributed by atoms with E-state index in [0.717, 1.165) is 38.2 Å². The first-order chi connectivity index (χ1) is 11.9. The van der Waals surface area contributed by atoms with Gasteiger partial charge < -0.3 is 25.4 Å². The number of rotatable bonds is 10. The summed E-state index contributed by atoms with van der Waals surface area (Å²) in [7, 11) is 0. The second-order valence-corrected chi connectivity index (χ2v) is 5.24. The molecule has 0 fully saturated rings. The van der Waals surface area contributed by atoms with Crippen molar-refractivity contribution in [3.05, 3.63) is 42.0 Å². The smallest absolute Gasteiger partial charge is 0.414 e. The van der Waals surface area contributed by atoms with Crippen LogP contribution in [0.4, 0.5) is 0 Å². The van der Waals surface area contributed by atoms with Crippen molar-refractivity contribution < 1.29 is 29.6 Å². The Kier molecular flexibility index (Phi) is 12.7. The molecule has 0 radical (unpaired) electrons. The van der Waals surface area contributed by atoms with E-state index in [2.05, 4.69) is 31.0 Å². The summed E-state index contributed by atoms with van der Waals surface area (Å²) in [5, 5.41) is 26.6. The topological polar surface area (TPSA) is 116 Å². The zero-order valence-electron chi connectivity index (χ0n) is 14.5. The van der Waals surface area contributed by atoms with Crippen molar-refractivity contribution in [2.24, 2.45) is 0 Å². The minimum atomic E-state index is -1.82. The number of carboxylic acid groups (broad SMARTS) is 2. The molecule has 0 aromatic heterocycles. The second kappa shape index (κ2) is 14.0. The lowest BCUT2D eigenvalue weighted by molar-refractivity contribution is -0.159. The molecule has 0 aliphatic rings. The molecule has 0 spiro atoms. The van der Waals surface area contributed by atoms with Gasteiger partial charge in [0.25, 0.3) is 0 Å². The molecule has 0 aliphatic heterocycles. The zero-order valence-corrected chi connectivity index (χ0v) is 14.5. The van der Waals surface area contributed by atoms with Crippen LogP contribution < -0.4 is 10.1 Å². The molecule has 1 aromatic rings. The molecule has 1 rings (SSSR count). The third-order valence-corrected chi connectivity index (χ3v) is 3.06. The van der Waals surface area contributed by atoms with Gasteiger partial charge in [-0.05, 0) is 44.4 Å². The minimum absolute atomic E-state index is 0.199. The van der Waals surface area contributed by atoms with Crippen LogP contribution >= 0.6 is 0 Å². The van der Waals surface area contributed by atoms with E-state index in [1.807, 2.05) is 12.1 Å². The molecule has 0 saturated carbocycles. The average Bonchev–Trinajstić information content (AvgIpc) is 2.56. The quantitative estimate of drug-likeness (QED) is 0.287. The maximum Gasteiger partial charge on any atom is 0.414 e. The number of carbonyl (C=O) groups is 2. The molecule has 7 nitrogen and oxygen atoms in total. The number of ether oxygens (including phenoxy) is 1. The van der Waals surface area contributed by atoms with Gasteiger partial charge in [0, 0.05) is 6.54 Å². The standard InChI is InChI=1S/C16H25NO2.C2H2O4/c1-3-6-15-13-14(2)7-8-16(15)19-12-5-4-9-17-10-11-18;3-1(4)2(5)6/h3,7-8,13,17-18H,1,4-6,9-12H2,2H3;(H,3,4)(H,5,6). The Labute approximate surface area is 147 Å². The van der Waals surface area contributed by atoms with Crippen LogP contribution in [0.3, 0.4) is 0 Å². The Bertz CT molecular complexity index is 532. The van der Waals surface area contributed by atoms with E-state index in [1.165, 1.54) is 11.1 Å². The summed E-state index contributed by atoms with van der Waals surface area (Å²) >= 11 is 0. The molecule has 0 bridgehead atoms. The monoisotopic (exact) mass is 353 g/mol. The lowest BCUT2D eigenvalue weighted by atomic mass is 10.1. The number of allylic oxidation sites excluding steroid dienone is 1. The summed E-state index contributed by atoms with van der Waals surface area (Å²) in [5.74, 6) is -2.68. The highest BCUT2D eigenvalue weighted by Gasteiger charge is 2.04. The summed E-state index contributed by atoms with van der Waals surface area (Å²) in [5.41, 5.74) is 2.45. The van der Waals surface area contributed by atoms with Crippen LogP contribution in [0.5, 0.6) is 5.75 Å². The summed E-state index contributed by atoms with van der Waals surface area (Å²) in [4.78, 5) is 18.2. The van der Waals surface area contributed by atoms with Crippen LogP contribution in [0.1, 0.15) is 24.0 Å². The first kappa shape index (κ1) is 22.6. The molecule has 7 heteroatoms. The first-order valence-corrected chi connectivity index (χ1v) is 8.03. The molecular formula is C18H27NO6. The Morgan fingerprint density at radius 1 is 1.20 bits per heavy atom. The van der Waals surface area contributed by atoms with Crippen molar-refractivity contribution >= 4 is 11.9 Å². The van der Waals surface area contributed by atoms with E-state index in [9.17, 15) is 0 Å². The molecular weight excluding hydrogens is 326 g/mol. The second-order valence-electron chi connectivity index (χ2n) is 5.24. The molecule has 0 unspecified atom stereocenters. The van der Waals surface area contributed by atoms with Gasteiger partial charge in [-0.2, -0.15) is 0 Å². The van der Waals surface area contributed by atoms with E-state index in [-0.39, 0.29) is 6.61 Å². The minimum Gasteiger partial charge on any atom is -0.493 e. The molecule has 0 amide bonds. The number of benzene rings is 1. The predicted molar refractivity (Wildman–Crippen MR) is 95.0 cm³/mol. The van der Waals surface area contributed by atoms with Crippen LogP contribution in [0.2, 0.25) is 0 Å². The van der Waals surface area contributed by atoms with Gasteiger partial charge >= 0.3 is 11.9 Å². The molecule has 25 heavy (non-hydrogen) atoms. The van der Waals surface area contributed by atoms with Crippen molar-refractivity contribution in [3.63, 3.8) is 0 Å². The number of aliphatic carboxylic acids is 2. The van der Waals surface area contributed by atoms with Crippen molar-refractivity contribution in [2.75, 3.05) is 26.3 Å². The third-order valence-electron chi connectivity index (χ3n) is 3.06. The van der Waals surface area contributed by atoms with Gasteiger partial charge in [-0.1, -0.05) is 23.8 Å². The Morgan fingerprint density at radius 2 is 1.88 bits per heavy atom. The van der Waals surface area contributed by atoms with Gasteiger partial charge in [0.2, 0.25) is 0 Å². The van der Waals surface area contributed by atoms with Gasteiger partial charge in [-0.25, -0.2) is 9.59 Å². The van der Waals surface area contributed by atoms with E-state index >= 15 is 0 Å². The highest BCUT2D eigenvalue weighted by molar-refractivity contribution is 6.27. The first-order valence-electron chi connectivity index (χ1n) is 8.03. The third kappa shape index (κ3) is 11.7. The highest BCUT2D eigenvalue weighted by atomic mass is 16.5. The van der Waals surface area contributed by atoms with E-state index < -0.39 is 11.9 Å². The summed E-state index contributed by atoms with van der Waals surface area (Å²) < 4.78 is 5.83. The van der Waals surface area contributed by atoms with Crippen molar-refractivity contribution in [2.45, 2.75) is 26.2 Å². The predicted octanol–water partition coefficient (Wildman–Crippen LogP) is 1.62. The van der Waals surface area contributed by atoms with E-state index in [0.29, 0.717) is 6.54 Å². The lowest BCUT2D eigenvalue weighted by Crippen LogP contribution is -2.19. The number of aliphatic hydroxyl groups excluding tert-OH is 1. The summed E-state index contributed by atoms with van der Waals surface area (Å²) in [6, 6.07) is 6.27. The van der Waals surface area contributed by atoms with E-state index in [4.69, 9.17) is 29.6 Å². The fourth-order valence-corrected chi connectivity index (χ4v) is 1.90. The van der Waals surface area contributed by atoms with E-state index in [1.54, 1.807) is 0 Å². The molecule has 4 N–H and O–H groups in total. The lowest BCUT2D eigenvalue weighted by Gasteiger charge is -2.11. The molecule has 140 valence electrons. The number of nitrogens with one attached hydrogen (secondary N) is 1. The largest absolute Gasteiger partial charge is 0.493 e. The van der Waals surface area contributed by atoms with Gasteiger partial charge in [0.1, 0.15) is 5.75 Å².